The number of carbonyl (C=O) groups excluding carboxylic acids is 1. The monoisotopic (exact) mass is 447 g/mol. The van der Waals surface area contributed by atoms with E-state index in [1.54, 1.807) is 12.1 Å². The molecule has 0 aliphatic carbocycles. The van der Waals surface area contributed by atoms with Crippen LogP contribution in [0.5, 0.6) is 0 Å². The summed E-state index contributed by atoms with van der Waals surface area (Å²) in [5.74, 6) is -1.80. The maximum Gasteiger partial charge on any atom is 0.358 e. The molecule has 102 valence electrons. The van der Waals surface area contributed by atoms with Gasteiger partial charge >= 0.3 is 5.97 Å². The summed E-state index contributed by atoms with van der Waals surface area (Å²) in [6.45, 7) is 0. The molecule has 0 bridgehead atoms. The van der Waals surface area contributed by atoms with E-state index in [9.17, 15) is 9.59 Å². The van der Waals surface area contributed by atoms with Crippen molar-refractivity contribution in [3.05, 3.63) is 49.9 Å². The van der Waals surface area contributed by atoms with Gasteiger partial charge in [0, 0.05) is 20.4 Å². The van der Waals surface area contributed by atoms with E-state index in [0.717, 1.165) is 3.57 Å². The molecule has 0 saturated heterocycles. The molecule has 0 unspecified atom stereocenters. The Labute approximate surface area is 135 Å². The Balaban J connectivity index is 2.33. The molecule has 0 fully saturated rings. The van der Waals surface area contributed by atoms with Gasteiger partial charge in [0.2, 0.25) is 0 Å². The van der Waals surface area contributed by atoms with Gasteiger partial charge < -0.3 is 10.4 Å². The predicted molar refractivity (Wildman–Crippen MR) is 83.8 cm³/mol. The molecule has 1 heterocycles. The lowest BCUT2D eigenvalue weighted by Gasteiger charge is -2.08. The summed E-state index contributed by atoms with van der Waals surface area (Å²) in [4.78, 5) is 30.7. The first-order valence-corrected chi connectivity index (χ1v) is 7.17. The van der Waals surface area contributed by atoms with Gasteiger partial charge in [-0.1, -0.05) is 0 Å². The summed E-state index contributed by atoms with van der Waals surface area (Å²) >= 11 is 5.36. The van der Waals surface area contributed by atoms with Crippen LogP contribution in [0.3, 0.4) is 0 Å². The third-order valence-corrected chi connectivity index (χ3v) is 3.67. The predicted octanol–water partition coefficient (Wildman–Crippen LogP) is 2.79. The molecule has 0 saturated carbocycles. The Hall–Kier alpha value is -1.55. The molecule has 0 spiro atoms. The highest BCUT2D eigenvalue weighted by Gasteiger charge is 2.17. The van der Waals surface area contributed by atoms with Crippen molar-refractivity contribution >= 4 is 56.2 Å². The third-order valence-electron chi connectivity index (χ3n) is 2.31. The number of rotatable bonds is 3. The number of hydrogen-bond acceptors (Lipinski definition) is 4. The molecule has 1 aromatic heterocycles. The third kappa shape index (κ3) is 3.31. The molecule has 1 aromatic carbocycles. The number of carbonyl (C=O) groups is 2. The molecule has 0 aliphatic rings. The van der Waals surface area contributed by atoms with E-state index in [-0.39, 0.29) is 11.5 Å². The van der Waals surface area contributed by atoms with Crippen LogP contribution in [0.2, 0.25) is 0 Å². The minimum absolute atomic E-state index is 0.0873. The van der Waals surface area contributed by atoms with E-state index < -0.39 is 11.9 Å². The summed E-state index contributed by atoms with van der Waals surface area (Å²) in [6.07, 6.45) is 2.56. The standard InChI is InChI=1S/C12H7BrIN3O3/c13-8-2-1-6(14)5-7(8)11(18)17-10-9(12(19)20)15-3-4-16-10/h1-5H,(H,19,20)(H,16,17,18). The second-order valence-electron chi connectivity index (χ2n) is 3.64. The van der Waals surface area contributed by atoms with E-state index in [4.69, 9.17) is 5.11 Å². The number of carboxylic acids is 1. The number of aromatic nitrogens is 2. The van der Waals surface area contributed by atoms with Crippen LogP contribution < -0.4 is 5.32 Å². The Morgan fingerprint density at radius 1 is 1.25 bits per heavy atom. The van der Waals surface area contributed by atoms with Crippen LogP contribution in [0.1, 0.15) is 20.8 Å². The Morgan fingerprint density at radius 3 is 2.65 bits per heavy atom. The molecule has 0 aliphatic heterocycles. The Kier molecular flexibility index (Phi) is 4.65. The van der Waals surface area contributed by atoms with Crippen LogP contribution in [0.25, 0.3) is 0 Å². The van der Waals surface area contributed by atoms with Gasteiger partial charge in [0.25, 0.3) is 5.91 Å². The van der Waals surface area contributed by atoms with Crippen molar-refractivity contribution in [1.29, 1.82) is 0 Å². The minimum Gasteiger partial charge on any atom is -0.476 e. The van der Waals surface area contributed by atoms with E-state index in [2.05, 4.69) is 53.8 Å². The highest BCUT2D eigenvalue weighted by Crippen LogP contribution is 2.21. The number of halogens is 2. The van der Waals surface area contributed by atoms with Gasteiger partial charge in [0.15, 0.2) is 11.5 Å². The highest BCUT2D eigenvalue weighted by molar-refractivity contribution is 14.1. The second kappa shape index (κ2) is 6.27. The summed E-state index contributed by atoms with van der Waals surface area (Å²) in [7, 11) is 0. The normalized spacial score (nSPS) is 10.1. The van der Waals surface area contributed by atoms with Crippen LogP contribution in [0.4, 0.5) is 5.82 Å². The molecule has 8 heteroatoms. The summed E-state index contributed by atoms with van der Waals surface area (Å²) in [6, 6.07) is 5.26. The van der Waals surface area contributed by atoms with E-state index in [0.29, 0.717) is 10.0 Å². The molecule has 6 nitrogen and oxygen atoms in total. The quantitative estimate of drug-likeness (QED) is 0.706. The zero-order valence-corrected chi connectivity index (χ0v) is 13.5. The van der Waals surface area contributed by atoms with Gasteiger partial charge in [-0.3, -0.25) is 4.79 Å². The van der Waals surface area contributed by atoms with Gasteiger partial charge in [-0.25, -0.2) is 14.8 Å². The number of hydrogen-bond donors (Lipinski definition) is 2. The maximum atomic E-state index is 12.2. The van der Waals surface area contributed by atoms with Crippen LogP contribution >= 0.6 is 38.5 Å². The smallest absolute Gasteiger partial charge is 0.358 e. The van der Waals surface area contributed by atoms with Crippen molar-refractivity contribution in [2.75, 3.05) is 5.32 Å². The molecular formula is C12H7BrIN3O3. The fourth-order valence-corrected chi connectivity index (χ4v) is 2.35. The van der Waals surface area contributed by atoms with Crippen molar-refractivity contribution in [3.8, 4) is 0 Å². The molecule has 0 radical (unpaired) electrons. The summed E-state index contributed by atoms with van der Waals surface area (Å²) in [5, 5.41) is 11.4. The second-order valence-corrected chi connectivity index (χ2v) is 5.74. The Morgan fingerprint density at radius 2 is 1.95 bits per heavy atom. The number of benzene rings is 1. The van der Waals surface area contributed by atoms with E-state index in [1.165, 1.54) is 12.4 Å². The van der Waals surface area contributed by atoms with Crippen LogP contribution in [0.15, 0.2) is 35.1 Å². The maximum absolute atomic E-state index is 12.2. The topological polar surface area (TPSA) is 92.2 Å². The van der Waals surface area contributed by atoms with Crippen molar-refractivity contribution in [2.45, 2.75) is 0 Å². The molecule has 0 atom stereocenters. The van der Waals surface area contributed by atoms with Crippen molar-refractivity contribution in [2.24, 2.45) is 0 Å². The lowest BCUT2D eigenvalue weighted by Crippen LogP contribution is -2.17. The minimum atomic E-state index is -1.25. The van der Waals surface area contributed by atoms with Crippen LogP contribution in [-0.2, 0) is 0 Å². The van der Waals surface area contributed by atoms with E-state index in [1.807, 2.05) is 6.07 Å². The number of amides is 1. The van der Waals surface area contributed by atoms with Crippen LogP contribution in [0, 0.1) is 3.57 Å². The van der Waals surface area contributed by atoms with Gasteiger partial charge in [-0.15, -0.1) is 0 Å². The van der Waals surface area contributed by atoms with Crippen molar-refractivity contribution < 1.29 is 14.7 Å². The number of nitrogens with zero attached hydrogens (tertiary/aromatic N) is 2. The van der Waals surface area contributed by atoms with Crippen molar-refractivity contribution in [1.82, 2.24) is 9.97 Å². The molecule has 1 amide bonds. The number of carboxylic acid groups (broad SMARTS) is 1. The first-order chi connectivity index (χ1) is 9.49. The van der Waals surface area contributed by atoms with Crippen molar-refractivity contribution in [3.63, 3.8) is 0 Å². The highest BCUT2D eigenvalue weighted by atomic mass is 127. The van der Waals surface area contributed by atoms with Crippen LogP contribution in [-0.4, -0.2) is 27.0 Å². The van der Waals surface area contributed by atoms with Gasteiger partial charge in [0.05, 0.1) is 5.56 Å². The zero-order chi connectivity index (χ0) is 14.7. The van der Waals surface area contributed by atoms with Gasteiger partial charge in [-0.05, 0) is 56.7 Å². The largest absolute Gasteiger partial charge is 0.476 e. The lowest BCUT2D eigenvalue weighted by molar-refractivity contribution is 0.0691. The average Bonchev–Trinajstić information content (AvgIpc) is 2.41. The molecule has 20 heavy (non-hydrogen) atoms. The first kappa shape index (κ1) is 14.9. The van der Waals surface area contributed by atoms with E-state index >= 15 is 0 Å². The summed E-state index contributed by atoms with van der Waals surface area (Å²) < 4.78 is 1.49. The fraction of sp³-hybridized carbons (Fsp3) is 0. The number of aromatic carboxylic acids is 1. The average molecular weight is 448 g/mol. The molecule has 2 rings (SSSR count). The number of anilines is 1. The SMILES string of the molecule is O=C(Nc1nccnc1C(=O)O)c1cc(I)ccc1Br. The first-order valence-electron chi connectivity index (χ1n) is 5.29. The zero-order valence-electron chi connectivity index (χ0n) is 9.80. The molecular weight excluding hydrogens is 441 g/mol. The fourth-order valence-electron chi connectivity index (χ4n) is 1.43. The molecule has 2 N–H and O–H groups in total. The Bertz CT molecular complexity index is 693. The lowest BCUT2D eigenvalue weighted by atomic mass is 10.2. The summed E-state index contributed by atoms with van der Waals surface area (Å²) in [5.41, 5.74) is 0.0847. The molecule has 2 aromatic rings. The van der Waals surface area contributed by atoms with Gasteiger partial charge in [0.1, 0.15) is 0 Å². The number of nitrogens with one attached hydrogen (secondary N) is 1. The van der Waals surface area contributed by atoms with Gasteiger partial charge in [-0.2, -0.15) is 0 Å².